The molecule has 0 heterocycles. The van der Waals surface area contributed by atoms with Crippen molar-refractivity contribution in [1.29, 1.82) is 0 Å². The maximum atomic E-state index is 12.3. The normalized spacial score (nSPS) is 23.9. The molecule has 1 aromatic rings. The monoisotopic (exact) mass is 290 g/mol. The lowest BCUT2D eigenvalue weighted by atomic mass is 9.73. The maximum Gasteiger partial charge on any atom is 0.310 e. The molecule has 0 bridgehead atoms. The fraction of sp³-hybridized carbons (Fsp3) is 0.471. The zero-order chi connectivity index (χ0) is 15.5. The molecule has 1 aliphatic rings. The van der Waals surface area contributed by atoms with Gasteiger partial charge in [-0.15, -0.1) is 0 Å². The lowest BCUT2D eigenvalue weighted by molar-refractivity contribution is -0.149. The van der Waals surface area contributed by atoms with Gasteiger partial charge in [0.05, 0.1) is 26.7 Å². The van der Waals surface area contributed by atoms with Gasteiger partial charge in [-0.1, -0.05) is 19.1 Å². The predicted octanol–water partition coefficient (Wildman–Crippen LogP) is 3.10. The van der Waals surface area contributed by atoms with Gasteiger partial charge in [0.15, 0.2) is 0 Å². The van der Waals surface area contributed by atoms with Gasteiger partial charge in [-0.3, -0.25) is 4.79 Å². The number of allylic oxidation sites excluding steroid dienone is 2. The van der Waals surface area contributed by atoms with Crippen LogP contribution in [0.15, 0.2) is 30.4 Å². The molecular weight excluding hydrogens is 268 g/mol. The second kappa shape index (κ2) is 6.20. The Labute approximate surface area is 125 Å². The number of carbonyl (C=O) groups excluding carboxylic acids is 1. The molecule has 0 aliphatic heterocycles. The fourth-order valence-electron chi connectivity index (χ4n) is 2.91. The summed E-state index contributed by atoms with van der Waals surface area (Å²) in [7, 11) is 3.26. The van der Waals surface area contributed by atoms with Gasteiger partial charge in [0.2, 0.25) is 0 Å². The van der Waals surface area contributed by atoms with Crippen LogP contribution >= 0.6 is 0 Å². The predicted molar refractivity (Wildman–Crippen MR) is 80.8 cm³/mol. The molecule has 2 atom stereocenters. The first-order chi connectivity index (χ1) is 10.1. The van der Waals surface area contributed by atoms with Crippen molar-refractivity contribution < 1.29 is 19.0 Å². The highest BCUT2D eigenvalue weighted by molar-refractivity contribution is 5.77. The lowest BCUT2D eigenvalue weighted by Crippen LogP contribution is -2.34. The van der Waals surface area contributed by atoms with Crippen molar-refractivity contribution in [2.24, 2.45) is 5.92 Å². The molecule has 1 aromatic carbocycles. The summed E-state index contributed by atoms with van der Waals surface area (Å²) in [6.45, 7) is 4.25. The first-order valence-electron chi connectivity index (χ1n) is 7.13. The van der Waals surface area contributed by atoms with Crippen LogP contribution in [-0.4, -0.2) is 26.8 Å². The molecule has 0 amide bonds. The number of methoxy groups -OCH3 is 2. The van der Waals surface area contributed by atoms with E-state index in [1.807, 2.05) is 38.1 Å². The Kier molecular flexibility index (Phi) is 4.56. The number of rotatable bonds is 5. The maximum absolute atomic E-state index is 12.3. The summed E-state index contributed by atoms with van der Waals surface area (Å²) in [5, 5.41) is 0. The van der Waals surface area contributed by atoms with Crippen LogP contribution in [0.25, 0.3) is 0 Å². The van der Waals surface area contributed by atoms with Crippen molar-refractivity contribution in [3.8, 4) is 11.5 Å². The third-order valence-corrected chi connectivity index (χ3v) is 4.12. The smallest absolute Gasteiger partial charge is 0.310 e. The van der Waals surface area contributed by atoms with E-state index in [0.29, 0.717) is 13.0 Å². The number of carbonyl (C=O) groups is 1. The van der Waals surface area contributed by atoms with Crippen LogP contribution in [0.4, 0.5) is 0 Å². The summed E-state index contributed by atoms with van der Waals surface area (Å²) < 4.78 is 16.0. The molecule has 0 saturated carbocycles. The number of hydrogen-bond donors (Lipinski definition) is 0. The molecule has 0 saturated heterocycles. The van der Waals surface area contributed by atoms with Crippen LogP contribution in [0.3, 0.4) is 0 Å². The first kappa shape index (κ1) is 15.4. The van der Waals surface area contributed by atoms with Crippen molar-refractivity contribution in [2.75, 3.05) is 20.8 Å². The van der Waals surface area contributed by atoms with Crippen LogP contribution in [0.2, 0.25) is 0 Å². The lowest BCUT2D eigenvalue weighted by Gasteiger charge is -2.31. The number of benzene rings is 1. The molecule has 4 heteroatoms. The highest BCUT2D eigenvalue weighted by Crippen LogP contribution is 2.46. The Bertz CT molecular complexity index is 550. The second-order valence-corrected chi connectivity index (χ2v) is 5.29. The van der Waals surface area contributed by atoms with E-state index >= 15 is 0 Å². The van der Waals surface area contributed by atoms with Gasteiger partial charge in [0.25, 0.3) is 0 Å². The van der Waals surface area contributed by atoms with E-state index in [1.54, 1.807) is 14.2 Å². The Morgan fingerprint density at radius 1 is 1.33 bits per heavy atom. The minimum absolute atomic E-state index is 0.171. The zero-order valence-electron chi connectivity index (χ0n) is 13.0. The highest BCUT2D eigenvalue weighted by Gasteiger charge is 2.43. The molecule has 0 aromatic heterocycles. The van der Waals surface area contributed by atoms with Crippen molar-refractivity contribution in [3.63, 3.8) is 0 Å². The molecule has 0 fully saturated rings. The third kappa shape index (κ3) is 2.75. The van der Waals surface area contributed by atoms with Crippen LogP contribution in [0.5, 0.6) is 11.5 Å². The van der Waals surface area contributed by atoms with E-state index in [4.69, 9.17) is 14.2 Å². The average molecular weight is 290 g/mol. The van der Waals surface area contributed by atoms with Gasteiger partial charge in [-0.25, -0.2) is 0 Å². The van der Waals surface area contributed by atoms with Gasteiger partial charge in [-0.05, 0) is 31.5 Å². The van der Waals surface area contributed by atoms with E-state index in [1.165, 1.54) is 0 Å². The molecule has 0 radical (unpaired) electrons. The second-order valence-electron chi connectivity index (χ2n) is 5.29. The van der Waals surface area contributed by atoms with Gasteiger partial charge in [-0.2, -0.15) is 0 Å². The van der Waals surface area contributed by atoms with E-state index in [2.05, 4.69) is 6.08 Å². The fourth-order valence-corrected chi connectivity index (χ4v) is 2.91. The Morgan fingerprint density at radius 3 is 2.71 bits per heavy atom. The van der Waals surface area contributed by atoms with Crippen LogP contribution in [-0.2, 0) is 14.9 Å². The number of hydrogen-bond acceptors (Lipinski definition) is 4. The van der Waals surface area contributed by atoms with E-state index in [9.17, 15) is 4.79 Å². The summed E-state index contributed by atoms with van der Waals surface area (Å²) in [6.07, 6.45) is 4.77. The van der Waals surface area contributed by atoms with E-state index in [-0.39, 0.29) is 11.9 Å². The van der Waals surface area contributed by atoms with Crippen molar-refractivity contribution >= 4 is 5.97 Å². The van der Waals surface area contributed by atoms with Crippen molar-refractivity contribution in [3.05, 3.63) is 35.9 Å². The topological polar surface area (TPSA) is 44.8 Å². The third-order valence-electron chi connectivity index (χ3n) is 4.12. The summed E-state index contributed by atoms with van der Waals surface area (Å²) in [5.41, 5.74) is 0.489. The van der Waals surface area contributed by atoms with Crippen LogP contribution < -0.4 is 9.47 Å². The van der Waals surface area contributed by atoms with Gasteiger partial charge < -0.3 is 14.2 Å². The SMILES string of the molecule is CCOC(=O)C1CC=C[C@@]1(C)c1cc(OC)ccc1OC. The van der Waals surface area contributed by atoms with Crippen LogP contribution in [0.1, 0.15) is 25.8 Å². The zero-order valence-corrected chi connectivity index (χ0v) is 13.0. The molecule has 4 nitrogen and oxygen atoms in total. The Hall–Kier alpha value is -1.97. The molecule has 0 spiro atoms. The largest absolute Gasteiger partial charge is 0.497 e. The molecule has 21 heavy (non-hydrogen) atoms. The first-order valence-corrected chi connectivity index (χ1v) is 7.13. The highest BCUT2D eigenvalue weighted by atomic mass is 16.5. The van der Waals surface area contributed by atoms with Crippen molar-refractivity contribution in [1.82, 2.24) is 0 Å². The summed E-state index contributed by atoms with van der Waals surface area (Å²) in [4.78, 5) is 12.3. The van der Waals surface area contributed by atoms with E-state index < -0.39 is 5.41 Å². The molecule has 2 rings (SSSR count). The average Bonchev–Trinajstić information content (AvgIpc) is 2.90. The van der Waals surface area contributed by atoms with Gasteiger partial charge >= 0.3 is 5.97 Å². The molecule has 1 aliphatic carbocycles. The van der Waals surface area contributed by atoms with Crippen LogP contribution in [0, 0.1) is 5.92 Å². The molecule has 1 unspecified atom stereocenters. The van der Waals surface area contributed by atoms with Gasteiger partial charge in [0, 0.05) is 11.0 Å². The molecule has 114 valence electrons. The minimum atomic E-state index is -0.452. The summed E-state index contributed by atoms with van der Waals surface area (Å²) in [6, 6.07) is 5.65. The summed E-state index contributed by atoms with van der Waals surface area (Å²) >= 11 is 0. The number of ether oxygens (including phenoxy) is 3. The minimum Gasteiger partial charge on any atom is -0.497 e. The Balaban J connectivity index is 2.46. The quantitative estimate of drug-likeness (QED) is 0.617. The molecule has 0 N–H and O–H groups in total. The Morgan fingerprint density at radius 2 is 2.10 bits per heavy atom. The molecular formula is C17H22O4. The standard InChI is InChI=1S/C17H22O4/c1-5-21-16(18)13-7-6-10-17(13,2)14-11-12(19-3)8-9-15(14)20-4/h6,8-11,13H,5,7H2,1-4H3/t13?,17-/m1/s1. The summed E-state index contributed by atoms with van der Waals surface area (Å²) in [5.74, 6) is 1.09. The van der Waals surface area contributed by atoms with Gasteiger partial charge in [0.1, 0.15) is 11.5 Å². The number of esters is 1. The van der Waals surface area contributed by atoms with E-state index in [0.717, 1.165) is 17.1 Å². The van der Waals surface area contributed by atoms with Crippen molar-refractivity contribution in [2.45, 2.75) is 25.7 Å².